The van der Waals surface area contributed by atoms with E-state index in [0.29, 0.717) is 11.3 Å². The predicted octanol–water partition coefficient (Wildman–Crippen LogP) is 3.38. The van der Waals surface area contributed by atoms with Crippen LogP contribution in [0.2, 0.25) is 0 Å². The first-order valence-electron chi connectivity index (χ1n) is 11.4. The maximum Gasteiger partial charge on any atom is 0.261 e. The van der Waals surface area contributed by atoms with Crippen LogP contribution < -0.4 is 20.3 Å². The molecule has 1 aliphatic rings. The van der Waals surface area contributed by atoms with E-state index < -0.39 is 10.0 Å². The van der Waals surface area contributed by atoms with Gasteiger partial charge in [-0.2, -0.15) is 0 Å². The van der Waals surface area contributed by atoms with Crippen LogP contribution in [-0.4, -0.2) is 46.5 Å². The van der Waals surface area contributed by atoms with Gasteiger partial charge in [0.2, 0.25) is 0 Å². The summed E-state index contributed by atoms with van der Waals surface area (Å²) in [4.78, 5) is 15.0. The van der Waals surface area contributed by atoms with Crippen LogP contribution in [0.4, 0.5) is 11.4 Å². The van der Waals surface area contributed by atoms with Gasteiger partial charge in [0.1, 0.15) is 0 Å². The SMILES string of the molecule is CCCc1ccc(S(=O)(=O)Nc2cc(C(=O)N[C@@H](C)CC)ccc2N2CCNCC2)cc1. The van der Waals surface area contributed by atoms with E-state index in [1.807, 2.05) is 32.0 Å². The van der Waals surface area contributed by atoms with E-state index in [1.165, 1.54) is 0 Å². The fraction of sp³-hybridized carbons (Fsp3) is 0.458. The molecule has 1 amide bonds. The third-order valence-corrected chi connectivity index (χ3v) is 7.10. The van der Waals surface area contributed by atoms with Gasteiger partial charge in [-0.05, 0) is 55.7 Å². The number of piperazine rings is 1. The molecule has 0 unspecified atom stereocenters. The number of carbonyl (C=O) groups is 1. The minimum atomic E-state index is -3.80. The van der Waals surface area contributed by atoms with Crippen molar-refractivity contribution >= 4 is 27.3 Å². The van der Waals surface area contributed by atoms with Gasteiger partial charge in [0.25, 0.3) is 15.9 Å². The molecule has 3 N–H and O–H groups in total. The highest BCUT2D eigenvalue weighted by Crippen LogP contribution is 2.30. The quantitative estimate of drug-likeness (QED) is 0.536. The molecule has 1 aliphatic heterocycles. The van der Waals surface area contributed by atoms with E-state index in [-0.39, 0.29) is 16.8 Å². The van der Waals surface area contributed by atoms with Gasteiger partial charge < -0.3 is 15.5 Å². The third kappa shape index (κ3) is 6.01. The number of hydrogen-bond donors (Lipinski definition) is 3. The van der Waals surface area contributed by atoms with Gasteiger partial charge >= 0.3 is 0 Å². The van der Waals surface area contributed by atoms with Gasteiger partial charge in [-0.1, -0.05) is 32.4 Å². The number of nitrogens with zero attached hydrogens (tertiary/aromatic N) is 1. The summed E-state index contributed by atoms with van der Waals surface area (Å²) >= 11 is 0. The minimum absolute atomic E-state index is 0.0390. The van der Waals surface area contributed by atoms with Crippen molar-refractivity contribution in [3.8, 4) is 0 Å². The largest absolute Gasteiger partial charge is 0.367 e. The molecule has 1 saturated heterocycles. The summed E-state index contributed by atoms with van der Waals surface area (Å²) in [5.41, 5.74) is 2.73. The molecule has 8 heteroatoms. The van der Waals surface area contributed by atoms with Crippen LogP contribution in [0.3, 0.4) is 0 Å². The van der Waals surface area contributed by atoms with E-state index >= 15 is 0 Å². The molecule has 0 saturated carbocycles. The van der Waals surface area contributed by atoms with Crippen molar-refractivity contribution in [2.24, 2.45) is 0 Å². The number of rotatable bonds is 9. The van der Waals surface area contributed by atoms with Crippen molar-refractivity contribution < 1.29 is 13.2 Å². The molecule has 0 bridgehead atoms. The summed E-state index contributed by atoms with van der Waals surface area (Å²) in [6.07, 6.45) is 2.73. The highest BCUT2D eigenvalue weighted by atomic mass is 32.2. The molecule has 2 aromatic rings. The third-order valence-electron chi connectivity index (χ3n) is 5.72. The number of benzene rings is 2. The average molecular weight is 459 g/mol. The van der Waals surface area contributed by atoms with E-state index in [2.05, 4.69) is 27.2 Å². The van der Waals surface area contributed by atoms with E-state index in [1.54, 1.807) is 24.3 Å². The van der Waals surface area contributed by atoms with Crippen molar-refractivity contribution in [3.63, 3.8) is 0 Å². The van der Waals surface area contributed by atoms with Gasteiger partial charge in [-0.3, -0.25) is 9.52 Å². The second kappa shape index (κ2) is 10.8. The van der Waals surface area contributed by atoms with Crippen molar-refractivity contribution in [1.29, 1.82) is 0 Å². The predicted molar refractivity (Wildman–Crippen MR) is 130 cm³/mol. The normalized spacial score (nSPS) is 15.3. The zero-order valence-corrected chi connectivity index (χ0v) is 20.0. The van der Waals surface area contributed by atoms with Crippen LogP contribution in [0.15, 0.2) is 47.4 Å². The number of amides is 1. The standard InChI is InChI=1S/C24H34N4O3S/c1-4-6-19-7-10-21(11-8-19)32(30,31)27-22-17-20(24(29)26-18(3)5-2)9-12-23(22)28-15-13-25-14-16-28/h7-12,17-18,25,27H,4-6,13-16H2,1-3H3,(H,26,29)/t18-/m0/s1. The maximum absolute atomic E-state index is 13.2. The average Bonchev–Trinajstić information content (AvgIpc) is 2.80. The monoisotopic (exact) mass is 458 g/mol. The van der Waals surface area contributed by atoms with Crippen molar-refractivity contribution in [3.05, 3.63) is 53.6 Å². The lowest BCUT2D eigenvalue weighted by atomic mass is 10.1. The van der Waals surface area contributed by atoms with Crippen LogP contribution in [0.5, 0.6) is 0 Å². The number of aryl methyl sites for hydroxylation is 1. The van der Waals surface area contributed by atoms with Gasteiger partial charge in [0, 0.05) is 37.8 Å². The molecule has 0 radical (unpaired) electrons. The lowest BCUT2D eigenvalue weighted by Gasteiger charge is -2.31. The lowest BCUT2D eigenvalue weighted by molar-refractivity contribution is 0.0939. The molecule has 3 rings (SSSR count). The number of hydrogen-bond acceptors (Lipinski definition) is 5. The Kier molecular flexibility index (Phi) is 8.15. The van der Waals surface area contributed by atoms with Gasteiger partial charge in [-0.15, -0.1) is 0 Å². The molecule has 0 aromatic heterocycles. The second-order valence-electron chi connectivity index (χ2n) is 8.25. The molecule has 7 nitrogen and oxygen atoms in total. The summed E-state index contributed by atoms with van der Waals surface area (Å²) < 4.78 is 29.1. The number of carbonyl (C=O) groups excluding carboxylic acids is 1. The molecule has 32 heavy (non-hydrogen) atoms. The molecule has 1 heterocycles. The molecule has 0 aliphatic carbocycles. The second-order valence-corrected chi connectivity index (χ2v) is 9.93. The Morgan fingerprint density at radius 2 is 1.78 bits per heavy atom. The van der Waals surface area contributed by atoms with E-state index in [4.69, 9.17) is 0 Å². The van der Waals surface area contributed by atoms with Crippen molar-refractivity contribution in [1.82, 2.24) is 10.6 Å². The van der Waals surface area contributed by atoms with Gasteiger partial charge in [-0.25, -0.2) is 8.42 Å². The Labute approximate surface area is 191 Å². The molecule has 2 aromatic carbocycles. The highest BCUT2D eigenvalue weighted by molar-refractivity contribution is 7.92. The Balaban J connectivity index is 1.93. The first-order valence-corrected chi connectivity index (χ1v) is 12.8. The Bertz CT molecular complexity index is 1020. The highest BCUT2D eigenvalue weighted by Gasteiger charge is 2.21. The summed E-state index contributed by atoms with van der Waals surface area (Å²) in [5.74, 6) is -0.212. The smallest absolute Gasteiger partial charge is 0.261 e. The maximum atomic E-state index is 13.2. The topological polar surface area (TPSA) is 90.5 Å². The van der Waals surface area contributed by atoms with E-state index in [9.17, 15) is 13.2 Å². The Morgan fingerprint density at radius 1 is 1.09 bits per heavy atom. The molecule has 1 fully saturated rings. The number of anilines is 2. The number of nitrogens with one attached hydrogen (secondary N) is 3. The van der Waals surface area contributed by atoms with Crippen molar-refractivity contribution in [2.75, 3.05) is 35.8 Å². The number of sulfonamides is 1. The van der Waals surface area contributed by atoms with Crippen LogP contribution >= 0.6 is 0 Å². The molecule has 1 atom stereocenters. The minimum Gasteiger partial charge on any atom is -0.367 e. The van der Waals surface area contributed by atoms with Crippen LogP contribution in [0.1, 0.15) is 49.5 Å². The van der Waals surface area contributed by atoms with E-state index in [0.717, 1.165) is 56.7 Å². The fourth-order valence-corrected chi connectivity index (χ4v) is 4.74. The Hall–Kier alpha value is -2.58. The molecular weight excluding hydrogens is 424 g/mol. The summed E-state index contributed by atoms with van der Waals surface area (Å²) in [7, 11) is -3.80. The van der Waals surface area contributed by atoms with Gasteiger partial charge in [0.15, 0.2) is 0 Å². The first-order chi connectivity index (χ1) is 15.3. The van der Waals surface area contributed by atoms with Gasteiger partial charge in [0.05, 0.1) is 16.3 Å². The van der Waals surface area contributed by atoms with Crippen LogP contribution in [-0.2, 0) is 16.4 Å². The molecular formula is C24H34N4O3S. The summed E-state index contributed by atoms with van der Waals surface area (Å²) in [6.45, 7) is 9.21. The first kappa shape index (κ1) is 24.1. The fourth-order valence-electron chi connectivity index (χ4n) is 3.68. The lowest BCUT2D eigenvalue weighted by Crippen LogP contribution is -2.43. The summed E-state index contributed by atoms with van der Waals surface area (Å²) in [5, 5.41) is 6.25. The van der Waals surface area contributed by atoms with Crippen LogP contribution in [0.25, 0.3) is 0 Å². The van der Waals surface area contributed by atoms with Crippen molar-refractivity contribution in [2.45, 2.75) is 51.0 Å². The van der Waals surface area contributed by atoms with Crippen LogP contribution in [0, 0.1) is 0 Å². The Morgan fingerprint density at radius 3 is 2.41 bits per heavy atom. The molecule has 0 spiro atoms. The molecule has 174 valence electrons. The zero-order chi connectivity index (χ0) is 23.1. The zero-order valence-electron chi connectivity index (χ0n) is 19.1. The summed E-state index contributed by atoms with van der Waals surface area (Å²) in [6, 6.07) is 12.2.